The lowest BCUT2D eigenvalue weighted by Crippen LogP contribution is -2.22. The predicted molar refractivity (Wildman–Crippen MR) is 134 cm³/mol. The maximum atomic E-state index is 12.4. The second kappa shape index (κ2) is 9.65. The summed E-state index contributed by atoms with van der Waals surface area (Å²) in [5.74, 6) is 1.88. The van der Waals surface area contributed by atoms with E-state index in [-0.39, 0.29) is 5.78 Å². The Morgan fingerprint density at radius 2 is 2.00 bits per heavy atom. The van der Waals surface area contributed by atoms with E-state index in [9.17, 15) is 4.79 Å². The smallest absolute Gasteiger partial charge is 0.230 e. The molecule has 0 unspecified atom stereocenters. The number of ether oxygens (including phenoxy) is 2. The van der Waals surface area contributed by atoms with Crippen molar-refractivity contribution < 1.29 is 14.3 Å². The first-order chi connectivity index (χ1) is 16.6. The number of methoxy groups -OCH3 is 1. The summed E-state index contributed by atoms with van der Waals surface area (Å²) in [6.07, 6.45) is 7.90. The molecule has 1 aliphatic heterocycles. The fraction of sp³-hybridized carbons (Fsp3) is 0.296. The van der Waals surface area contributed by atoms with Crippen LogP contribution in [0.15, 0.2) is 48.8 Å². The Kier molecular flexibility index (Phi) is 6.27. The first-order valence-electron chi connectivity index (χ1n) is 11.6. The number of aromatic amines is 1. The number of benzene rings is 2. The minimum Gasteiger partial charge on any atom is -0.496 e. The molecule has 7 heteroatoms. The molecule has 5 rings (SSSR count). The van der Waals surface area contributed by atoms with Gasteiger partial charge in [-0.15, -0.1) is 0 Å². The second-order valence-electron chi connectivity index (χ2n) is 8.69. The lowest BCUT2D eigenvalue weighted by atomic mass is 10.1. The van der Waals surface area contributed by atoms with Crippen molar-refractivity contribution in [2.45, 2.75) is 26.2 Å². The summed E-state index contributed by atoms with van der Waals surface area (Å²) in [5, 5.41) is 1.81. The van der Waals surface area contributed by atoms with Gasteiger partial charge in [-0.3, -0.25) is 4.79 Å². The minimum absolute atomic E-state index is 0.108. The van der Waals surface area contributed by atoms with E-state index in [1.807, 2.05) is 37.3 Å². The number of allylic oxidation sites excluding steroid dienone is 1. The molecule has 0 radical (unpaired) electrons. The molecule has 1 saturated heterocycles. The molecule has 0 saturated carbocycles. The molecular weight excluding hydrogens is 428 g/mol. The number of rotatable bonds is 8. The molecule has 1 N–H and O–H groups in total. The molecule has 2 aromatic heterocycles. The second-order valence-corrected chi connectivity index (χ2v) is 8.69. The van der Waals surface area contributed by atoms with Crippen LogP contribution in [0.4, 0.5) is 0 Å². The topological polar surface area (TPSA) is 80.3 Å². The van der Waals surface area contributed by atoms with Crippen LogP contribution in [0.1, 0.15) is 30.5 Å². The van der Waals surface area contributed by atoms with Crippen LogP contribution in [0.3, 0.4) is 0 Å². The van der Waals surface area contributed by atoms with Crippen molar-refractivity contribution in [1.82, 2.24) is 19.9 Å². The third-order valence-corrected chi connectivity index (χ3v) is 6.21. The maximum absolute atomic E-state index is 12.4. The van der Waals surface area contributed by atoms with Crippen molar-refractivity contribution in [3.05, 3.63) is 60.1 Å². The molecule has 1 fully saturated rings. The van der Waals surface area contributed by atoms with Crippen LogP contribution >= 0.6 is 0 Å². The summed E-state index contributed by atoms with van der Waals surface area (Å²) in [7, 11) is 1.61. The van der Waals surface area contributed by atoms with E-state index in [4.69, 9.17) is 9.47 Å². The number of aromatic nitrogens is 3. The van der Waals surface area contributed by atoms with Crippen molar-refractivity contribution in [2.75, 3.05) is 26.7 Å². The minimum atomic E-state index is 0.108. The number of carbonyl (C=O) groups excluding carboxylic acids is 1. The number of fused-ring (bicyclic) bond motifs is 2. The molecule has 7 nitrogen and oxygen atoms in total. The molecule has 0 atom stereocenters. The molecule has 34 heavy (non-hydrogen) atoms. The number of hydrogen-bond acceptors (Lipinski definition) is 6. The molecule has 0 spiro atoms. The molecule has 3 heterocycles. The van der Waals surface area contributed by atoms with E-state index in [2.05, 4.69) is 25.9 Å². The molecule has 4 aromatic rings. The molecule has 174 valence electrons. The number of ketones is 1. The molecule has 0 bridgehead atoms. The van der Waals surface area contributed by atoms with Gasteiger partial charge in [-0.2, -0.15) is 0 Å². The number of H-pyrrole nitrogens is 1. The van der Waals surface area contributed by atoms with Gasteiger partial charge in [-0.25, -0.2) is 9.97 Å². The Hall–Kier alpha value is -3.71. The van der Waals surface area contributed by atoms with Crippen molar-refractivity contribution >= 4 is 33.7 Å². The molecular formula is C27H28N4O3. The van der Waals surface area contributed by atoms with E-state index < -0.39 is 0 Å². The summed E-state index contributed by atoms with van der Waals surface area (Å²) >= 11 is 0. The van der Waals surface area contributed by atoms with Crippen molar-refractivity contribution in [1.29, 1.82) is 0 Å². The predicted octanol–water partition coefficient (Wildman–Crippen LogP) is 5.29. The van der Waals surface area contributed by atoms with Crippen LogP contribution < -0.4 is 9.47 Å². The zero-order chi connectivity index (χ0) is 23.5. The average Bonchev–Trinajstić information content (AvgIpc) is 3.49. The Morgan fingerprint density at radius 3 is 2.82 bits per heavy atom. The highest BCUT2D eigenvalue weighted by molar-refractivity contribution is 5.95. The van der Waals surface area contributed by atoms with Crippen molar-refractivity contribution in [3.8, 4) is 17.4 Å². The van der Waals surface area contributed by atoms with E-state index in [0.717, 1.165) is 47.2 Å². The van der Waals surface area contributed by atoms with Gasteiger partial charge in [0.2, 0.25) is 5.88 Å². The van der Waals surface area contributed by atoms with Crippen LogP contribution in [-0.2, 0) is 4.79 Å². The summed E-state index contributed by atoms with van der Waals surface area (Å²) in [5.41, 5.74) is 3.66. The Balaban J connectivity index is 1.38. The SMILES string of the molecule is COc1cc2c(Oc3ccc4[nH]c(C)cc4c3)ncnc2cc1C=CC(=O)CCN1CCCC1. The zero-order valence-corrected chi connectivity index (χ0v) is 19.5. The lowest BCUT2D eigenvalue weighted by molar-refractivity contribution is -0.114. The van der Waals surface area contributed by atoms with Crippen LogP contribution in [0.5, 0.6) is 17.4 Å². The van der Waals surface area contributed by atoms with Crippen LogP contribution in [-0.4, -0.2) is 52.4 Å². The Morgan fingerprint density at radius 1 is 1.15 bits per heavy atom. The van der Waals surface area contributed by atoms with Gasteiger partial charge in [0.1, 0.15) is 17.8 Å². The van der Waals surface area contributed by atoms with Crippen molar-refractivity contribution in [2.24, 2.45) is 0 Å². The quantitative estimate of drug-likeness (QED) is 0.363. The highest BCUT2D eigenvalue weighted by Gasteiger charge is 2.14. The largest absolute Gasteiger partial charge is 0.496 e. The van der Waals surface area contributed by atoms with Gasteiger partial charge in [-0.1, -0.05) is 0 Å². The fourth-order valence-corrected chi connectivity index (χ4v) is 4.44. The van der Waals surface area contributed by atoms with E-state index in [1.54, 1.807) is 19.3 Å². The van der Waals surface area contributed by atoms with Gasteiger partial charge >= 0.3 is 0 Å². The summed E-state index contributed by atoms with van der Waals surface area (Å²) < 4.78 is 11.7. The number of nitrogens with zero attached hydrogens (tertiary/aromatic N) is 3. The molecule has 0 amide bonds. The zero-order valence-electron chi connectivity index (χ0n) is 19.5. The van der Waals surface area contributed by atoms with Gasteiger partial charge in [0, 0.05) is 35.1 Å². The third kappa shape index (κ3) is 4.79. The Bertz CT molecular complexity index is 1370. The third-order valence-electron chi connectivity index (χ3n) is 6.21. The standard InChI is InChI=1S/C27H28N4O3/c1-18-13-20-14-22(7-8-24(20)30-18)34-27-23-16-26(33-2)19(15-25(23)28-17-29-27)5-6-21(32)9-12-31-10-3-4-11-31/h5-8,13-17,30H,3-4,9-12H2,1-2H3. The summed E-state index contributed by atoms with van der Waals surface area (Å²) in [6.45, 7) is 5.04. The van der Waals surface area contributed by atoms with Gasteiger partial charge in [-0.05, 0) is 81.4 Å². The van der Waals surface area contributed by atoms with E-state index in [0.29, 0.717) is 29.3 Å². The van der Waals surface area contributed by atoms with Gasteiger partial charge in [0.25, 0.3) is 0 Å². The maximum Gasteiger partial charge on any atom is 0.230 e. The monoisotopic (exact) mass is 456 g/mol. The highest BCUT2D eigenvalue weighted by Crippen LogP contribution is 2.33. The summed E-state index contributed by atoms with van der Waals surface area (Å²) in [6, 6.07) is 11.7. The average molecular weight is 457 g/mol. The first kappa shape index (κ1) is 22.1. The lowest BCUT2D eigenvalue weighted by Gasteiger charge is -2.12. The van der Waals surface area contributed by atoms with Crippen LogP contribution in [0.2, 0.25) is 0 Å². The number of hydrogen-bond donors (Lipinski definition) is 1. The van der Waals surface area contributed by atoms with Gasteiger partial charge < -0.3 is 19.4 Å². The molecule has 2 aromatic carbocycles. The van der Waals surface area contributed by atoms with Crippen LogP contribution in [0.25, 0.3) is 27.9 Å². The van der Waals surface area contributed by atoms with E-state index in [1.165, 1.54) is 19.2 Å². The van der Waals surface area contributed by atoms with E-state index >= 15 is 0 Å². The number of nitrogens with one attached hydrogen (secondary N) is 1. The van der Waals surface area contributed by atoms with Crippen molar-refractivity contribution in [3.63, 3.8) is 0 Å². The molecule has 0 aliphatic carbocycles. The fourth-order valence-electron chi connectivity index (χ4n) is 4.44. The Labute approximate surface area is 198 Å². The highest BCUT2D eigenvalue weighted by atomic mass is 16.5. The number of aryl methyl sites for hydroxylation is 1. The number of likely N-dealkylation sites (tertiary alicyclic amines) is 1. The summed E-state index contributed by atoms with van der Waals surface area (Å²) in [4.78, 5) is 26.8. The van der Waals surface area contributed by atoms with Gasteiger partial charge in [0.15, 0.2) is 5.78 Å². The van der Waals surface area contributed by atoms with Gasteiger partial charge in [0.05, 0.1) is 18.0 Å². The first-order valence-corrected chi connectivity index (χ1v) is 11.6. The normalized spacial score (nSPS) is 14.4. The number of carbonyl (C=O) groups is 1. The van der Waals surface area contributed by atoms with Crippen LogP contribution in [0, 0.1) is 6.92 Å². The molecule has 1 aliphatic rings.